The predicted octanol–water partition coefficient (Wildman–Crippen LogP) is 3.57. The Balaban J connectivity index is 1.61. The number of halogens is 1. The van der Waals surface area contributed by atoms with Crippen LogP contribution in [0.25, 0.3) is 0 Å². The highest BCUT2D eigenvalue weighted by molar-refractivity contribution is 7.89. The van der Waals surface area contributed by atoms with E-state index in [1.807, 2.05) is 6.07 Å². The van der Waals surface area contributed by atoms with Crippen molar-refractivity contribution in [2.45, 2.75) is 51.1 Å². The first-order chi connectivity index (χ1) is 16.2. The van der Waals surface area contributed by atoms with E-state index in [0.717, 1.165) is 37.1 Å². The second-order valence-corrected chi connectivity index (χ2v) is 10.5. The minimum Gasteiger partial charge on any atom is -0.494 e. The monoisotopic (exact) mass is 491 g/mol. The van der Waals surface area contributed by atoms with Crippen LogP contribution in [0.15, 0.2) is 41.3 Å². The largest absolute Gasteiger partial charge is 0.494 e. The lowest BCUT2D eigenvalue weighted by molar-refractivity contribution is 0.0908. The number of methoxy groups -OCH3 is 1. The topological polar surface area (TPSA) is 79.0 Å². The van der Waals surface area contributed by atoms with Crippen LogP contribution in [0.2, 0.25) is 0 Å². The Kier molecular flexibility index (Phi) is 8.67. The van der Waals surface area contributed by atoms with Crippen molar-refractivity contribution < 1.29 is 22.3 Å². The summed E-state index contributed by atoms with van der Waals surface area (Å²) in [6.45, 7) is 8.31. The number of ether oxygens (including phenoxy) is 1. The maximum atomic E-state index is 14.0. The summed E-state index contributed by atoms with van der Waals surface area (Å²) >= 11 is 0. The minimum absolute atomic E-state index is 0.00111. The number of carbonyl (C=O) groups is 1. The van der Waals surface area contributed by atoms with E-state index in [4.69, 9.17) is 4.74 Å². The van der Waals surface area contributed by atoms with Crippen molar-refractivity contribution in [3.63, 3.8) is 0 Å². The molecule has 1 aliphatic rings. The molecule has 9 heteroatoms. The number of rotatable bonds is 9. The van der Waals surface area contributed by atoms with Crippen molar-refractivity contribution in [2.75, 3.05) is 33.3 Å². The van der Waals surface area contributed by atoms with Gasteiger partial charge < -0.3 is 10.1 Å². The zero-order chi connectivity index (χ0) is 24.9. The van der Waals surface area contributed by atoms with Gasteiger partial charge in [0.15, 0.2) is 11.6 Å². The number of hydrogen-bond donors (Lipinski definition) is 1. The van der Waals surface area contributed by atoms with Crippen LogP contribution in [0.1, 0.15) is 48.2 Å². The first kappa shape index (κ1) is 26.1. The summed E-state index contributed by atoms with van der Waals surface area (Å²) in [7, 11) is -2.20. The van der Waals surface area contributed by atoms with Gasteiger partial charge in [0.2, 0.25) is 10.0 Å². The third-order valence-corrected chi connectivity index (χ3v) is 8.39. The summed E-state index contributed by atoms with van der Waals surface area (Å²) in [5, 5.41) is 3.07. The number of aryl methyl sites for hydroxylation is 1. The molecule has 3 rings (SSSR count). The fraction of sp³-hybridized carbons (Fsp3) is 0.480. The molecule has 186 valence electrons. The van der Waals surface area contributed by atoms with Gasteiger partial charge in [0.05, 0.1) is 12.0 Å². The van der Waals surface area contributed by atoms with Gasteiger partial charge >= 0.3 is 0 Å². The van der Waals surface area contributed by atoms with Gasteiger partial charge in [-0.2, -0.15) is 4.31 Å². The fourth-order valence-electron chi connectivity index (χ4n) is 4.28. The third kappa shape index (κ3) is 5.95. The van der Waals surface area contributed by atoms with E-state index in [2.05, 4.69) is 10.2 Å². The summed E-state index contributed by atoms with van der Waals surface area (Å²) < 4.78 is 46.1. The number of nitrogens with zero attached hydrogens (tertiary/aromatic N) is 2. The normalized spacial score (nSPS) is 15.5. The molecule has 1 fully saturated rings. The highest BCUT2D eigenvalue weighted by Crippen LogP contribution is 2.22. The standard InChI is InChI=1S/C25H34FN3O4S/c1-5-29(6-2)34(31,32)21-9-7-18(3)22(16-21)25(30)27-20-11-13-28(14-12-20)17-19-8-10-24(33-4)23(26)15-19/h7-10,15-16,20H,5-6,11-14,17H2,1-4H3,(H,27,30). The molecule has 0 aliphatic carbocycles. The number of likely N-dealkylation sites (tertiary alicyclic amines) is 1. The number of amides is 1. The lowest BCUT2D eigenvalue weighted by Crippen LogP contribution is -2.44. The summed E-state index contributed by atoms with van der Waals surface area (Å²) in [6.07, 6.45) is 1.53. The molecule has 1 aliphatic heterocycles. The highest BCUT2D eigenvalue weighted by Gasteiger charge is 2.25. The second-order valence-electron chi connectivity index (χ2n) is 8.56. The average molecular weight is 492 g/mol. The van der Waals surface area contributed by atoms with Crippen molar-refractivity contribution in [3.8, 4) is 5.75 Å². The number of piperidine rings is 1. The Labute approximate surface area is 201 Å². The molecule has 1 N–H and O–H groups in total. The predicted molar refractivity (Wildman–Crippen MR) is 130 cm³/mol. The number of nitrogens with one attached hydrogen (secondary N) is 1. The molecule has 0 radical (unpaired) electrons. The molecule has 2 aromatic rings. The van der Waals surface area contributed by atoms with Gasteiger partial charge in [0.25, 0.3) is 5.91 Å². The summed E-state index contributed by atoms with van der Waals surface area (Å²) in [5.74, 6) is -0.401. The van der Waals surface area contributed by atoms with Crippen LogP contribution in [-0.4, -0.2) is 62.9 Å². The zero-order valence-corrected chi connectivity index (χ0v) is 21.1. The molecule has 0 saturated carbocycles. The molecule has 0 unspecified atom stereocenters. The molecule has 0 aromatic heterocycles. The van der Waals surface area contributed by atoms with Crippen LogP contribution in [-0.2, 0) is 16.6 Å². The Morgan fingerprint density at radius 2 is 1.82 bits per heavy atom. The zero-order valence-electron chi connectivity index (χ0n) is 20.3. The number of carbonyl (C=O) groups excluding carboxylic acids is 1. The van der Waals surface area contributed by atoms with Crippen molar-refractivity contribution >= 4 is 15.9 Å². The van der Waals surface area contributed by atoms with E-state index >= 15 is 0 Å². The Bertz CT molecular complexity index is 1110. The number of sulfonamides is 1. The molecule has 2 aromatic carbocycles. The van der Waals surface area contributed by atoms with Crippen LogP contribution in [0.5, 0.6) is 5.75 Å². The van der Waals surface area contributed by atoms with Crippen molar-refractivity contribution in [1.82, 2.24) is 14.5 Å². The first-order valence-electron chi connectivity index (χ1n) is 11.7. The van der Waals surface area contributed by atoms with Crippen LogP contribution in [0, 0.1) is 12.7 Å². The summed E-state index contributed by atoms with van der Waals surface area (Å²) in [4.78, 5) is 15.4. The number of hydrogen-bond acceptors (Lipinski definition) is 5. The van der Waals surface area contributed by atoms with Crippen LogP contribution < -0.4 is 10.1 Å². The SMILES string of the molecule is CCN(CC)S(=O)(=O)c1ccc(C)c(C(=O)NC2CCN(Cc3ccc(OC)c(F)c3)CC2)c1. The van der Waals surface area contributed by atoms with Crippen LogP contribution in [0.4, 0.5) is 4.39 Å². The van der Waals surface area contributed by atoms with E-state index in [1.165, 1.54) is 23.5 Å². The maximum absolute atomic E-state index is 14.0. The molecule has 1 amide bonds. The van der Waals surface area contributed by atoms with E-state index in [9.17, 15) is 17.6 Å². The average Bonchev–Trinajstić information content (AvgIpc) is 2.81. The van der Waals surface area contributed by atoms with Crippen molar-refractivity contribution in [3.05, 3.63) is 58.9 Å². The second kappa shape index (κ2) is 11.3. The van der Waals surface area contributed by atoms with E-state index in [-0.39, 0.29) is 28.4 Å². The lowest BCUT2D eigenvalue weighted by Gasteiger charge is -2.32. The summed E-state index contributed by atoms with van der Waals surface area (Å²) in [5.41, 5.74) is 1.99. The van der Waals surface area contributed by atoms with E-state index in [1.54, 1.807) is 39.0 Å². The summed E-state index contributed by atoms with van der Waals surface area (Å²) in [6, 6.07) is 9.70. The maximum Gasteiger partial charge on any atom is 0.251 e. The van der Waals surface area contributed by atoms with Gasteiger partial charge in [-0.05, 0) is 55.2 Å². The molecule has 1 saturated heterocycles. The van der Waals surface area contributed by atoms with Gasteiger partial charge in [-0.3, -0.25) is 9.69 Å². The van der Waals surface area contributed by atoms with E-state index in [0.29, 0.717) is 25.2 Å². The Morgan fingerprint density at radius 1 is 1.15 bits per heavy atom. The Hall–Kier alpha value is -2.49. The fourth-order valence-corrected chi connectivity index (χ4v) is 5.77. The Morgan fingerprint density at radius 3 is 2.41 bits per heavy atom. The molecule has 0 spiro atoms. The molecular weight excluding hydrogens is 457 g/mol. The van der Waals surface area contributed by atoms with Gasteiger partial charge in [-0.25, -0.2) is 12.8 Å². The minimum atomic E-state index is -3.64. The van der Waals surface area contributed by atoms with Gasteiger partial charge in [0, 0.05) is 44.3 Å². The highest BCUT2D eigenvalue weighted by atomic mass is 32.2. The van der Waals surface area contributed by atoms with Gasteiger partial charge in [0.1, 0.15) is 0 Å². The van der Waals surface area contributed by atoms with Gasteiger partial charge in [-0.15, -0.1) is 0 Å². The molecule has 0 bridgehead atoms. The molecular formula is C25H34FN3O4S. The number of benzene rings is 2. The smallest absolute Gasteiger partial charge is 0.251 e. The molecule has 7 nitrogen and oxygen atoms in total. The third-order valence-electron chi connectivity index (χ3n) is 6.34. The first-order valence-corrected chi connectivity index (χ1v) is 13.1. The van der Waals surface area contributed by atoms with Crippen LogP contribution in [0.3, 0.4) is 0 Å². The van der Waals surface area contributed by atoms with Crippen molar-refractivity contribution in [2.24, 2.45) is 0 Å². The molecule has 0 atom stereocenters. The van der Waals surface area contributed by atoms with Crippen molar-refractivity contribution in [1.29, 1.82) is 0 Å². The quantitative estimate of drug-likeness (QED) is 0.580. The molecule has 34 heavy (non-hydrogen) atoms. The van der Waals surface area contributed by atoms with Crippen LogP contribution >= 0.6 is 0 Å². The molecule has 1 heterocycles. The lowest BCUT2D eigenvalue weighted by atomic mass is 10.0. The van der Waals surface area contributed by atoms with E-state index < -0.39 is 10.0 Å². The van der Waals surface area contributed by atoms with Gasteiger partial charge in [-0.1, -0.05) is 26.0 Å².